The van der Waals surface area contributed by atoms with Crippen LogP contribution in [0.4, 0.5) is 5.69 Å². The van der Waals surface area contributed by atoms with Crippen LogP contribution in [-0.4, -0.2) is 18.1 Å². The fourth-order valence-corrected chi connectivity index (χ4v) is 3.42. The third-order valence-corrected chi connectivity index (χ3v) is 5.12. The van der Waals surface area contributed by atoms with Gasteiger partial charge in [0.25, 0.3) is 10.0 Å². The molecule has 0 radical (unpaired) electrons. The third-order valence-electron chi connectivity index (χ3n) is 2.97. The van der Waals surface area contributed by atoms with Crippen LogP contribution < -0.4 is 4.72 Å². The summed E-state index contributed by atoms with van der Waals surface area (Å²) in [7, 11) is -3.80. The van der Waals surface area contributed by atoms with Crippen molar-refractivity contribution in [3.63, 3.8) is 0 Å². The molecule has 0 amide bonds. The van der Waals surface area contributed by atoms with Crippen molar-refractivity contribution in [2.75, 3.05) is 4.72 Å². The lowest BCUT2D eigenvalue weighted by atomic mass is 10.3. The summed E-state index contributed by atoms with van der Waals surface area (Å²) >= 11 is 11.8. The van der Waals surface area contributed by atoms with Crippen LogP contribution in [0, 0.1) is 0 Å². The van der Waals surface area contributed by atoms with Crippen molar-refractivity contribution in [1.82, 2.24) is 4.57 Å². The Kier molecular flexibility index (Phi) is 4.83. The van der Waals surface area contributed by atoms with Gasteiger partial charge in [0.05, 0.1) is 22.3 Å². The maximum absolute atomic E-state index is 12.4. The van der Waals surface area contributed by atoms with Gasteiger partial charge in [-0.05, 0) is 25.1 Å². The highest BCUT2D eigenvalue weighted by Crippen LogP contribution is 2.31. The van der Waals surface area contributed by atoms with E-state index in [1.54, 1.807) is 16.7 Å². The van der Waals surface area contributed by atoms with Gasteiger partial charge in [-0.15, -0.1) is 0 Å². The highest BCUT2D eigenvalue weighted by Gasteiger charge is 2.19. The van der Waals surface area contributed by atoms with E-state index in [2.05, 4.69) is 4.72 Å². The molecule has 0 aliphatic rings. The largest absolute Gasteiger partial charge is 0.390 e. The number of hydrogen-bond acceptors (Lipinski definition) is 3. The summed E-state index contributed by atoms with van der Waals surface area (Å²) in [6.45, 7) is 2.18. The van der Waals surface area contributed by atoms with Crippen molar-refractivity contribution in [2.45, 2.75) is 25.0 Å². The Balaban J connectivity index is 2.38. The number of hydrogen-bond donors (Lipinski definition) is 2. The van der Waals surface area contributed by atoms with Crippen LogP contribution in [0.15, 0.2) is 35.4 Å². The quantitative estimate of drug-likeness (QED) is 0.871. The minimum absolute atomic E-state index is 0.0597. The van der Waals surface area contributed by atoms with Gasteiger partial charge in [0, 0.05) is 18.4 Å². The Hall–Kier alpha value is -1.21. The summed E-state index contributed by atoms with van der Waals surface area (Å²) < 4.78 is 28.8. The van der Waals surface area contributed by atoms with Crippen LogP contribution >= 0.6 is 23.2 Å². The Morgan fingerprint density at radius 2 is 2.05 bits per heavy atom. The van der Waals surface area contributed by atoms with Gasteiger partial charge >= 0.3 is 0 Å². The van der Waals surface area contributed by atoms with E-state index in [0.717, 1.165) is 0 Å². The number of halogens is 2. The first kappa shape index (κ1) is 16.2. The van der Waals surface area contributed by atoms with E-state index in [4.69, 9.17) is 23.2 Å². The van der Waals surface area contributed by atoms with E-state index in [1.807, 2.05) is 6.92 Å². The monoisotopic (exact) mass is 348 g/mol. The zero-order valence-electron chi connectivity index (χ0n) is 11.2. The van der Waals surface area contributed by atoms with E-state index >= 15 is 0 Å². The van der Waals surface area contributed by atoms with Crippen LogP contribution in [-0.2, 0) is 23.2 Å². The van der Waals surface area contributed by atoms with E-state index in [9.17, 15) is 13.5 Å². The number of aliphatic hydroxyl groups excluding tert-OH is 1. The highest BCUT2D eigenvalue weighted by molar-refractivity contribution is 7.92. The molecule has 2 rings (SSSR count). The molecule has 0 aliphatic carbocycles. The maximum Gasteiger partial charge on any atom is 0.263 e. The molecule has 1 aromatic carbocycles. The first-order valence-corrected chi connectivity index (χ1v) is 8.39. The average Bonchev–Trinajstić information content (AvgIpc) is 2.88. The summed E-state index contributed by atoms with van der Waals surface area (Å²) in [5, 5.41) is 9.63. The molecule has 0 bridgehead atoms. The van der Waals surface area contributed by atoms with Gasteiger partial charge in [-0.3, -0.25) is 4.72 Å². The van der Waals surface area contributed by atoms with E-state index in [0.29, 0.717) is 12.2 Å². The van der Waals surface area contributed by atoms with Gasteiger partial charge in [0.2, 0.25) is 0 Å². The normalized spacial score (nSPS) is 11.6. The predicted octanol–water partition coefficient (Wildman–Crippen LogP) is 3.11. The van der Waals surface area contributed by atoms with Crippen LogP contribution in [0.3, 0.4) is 0 Å². The van der Waals surface area contributed by atoms with E-state index < -0.39 is 10.0 Å². The van der Waals surface area contributed by atoms with Gasteiger partial charge < -0.3 is 9.67 Å². The minimum atomic E-state index is -3.80. The number of rotatable bonds is 5. The van der Waals surface area contributed by atoms with E-state index in [-0.39, 0.29) is 27.2 Å². The number of aromatic nitrogens is 1. The SMILES string of the molecule is CCn1cc(S(=O)(=O)Nc2cccc(Cl)c2Cl)cc1CO. The fourth-order valence-electron chi connectivity index (χ4n) is 1.89. The van der Waals surface area contributed by atoms with Crippen LogP contribution in [0.2, 0.25) is 10.0 Å². The van der Waals surface area contributed by atoms with Crippen molar-refractivity contribution in [3.05, 3.63) is 46.2 Å². The van der Waals surface area contributed by atoms with Crippen molar-refractivity contribution in [1.29, 1.82) is 0 Å². The Morgan fingerprint density at radius 3 is 2.62 bits per heavy atom. The van der Waals surface area contributed by atoms with Gasteiger partial charge in [0.1, 0.15) is 4.90 Å². The molecule has 0 spiro atoms. The molecule has 0 saturated heterocycles. The van der Waals surface area contributed by atoms with Crippen molar-refractivity contribution in [3.8, 4) is 0 Å². The molecule has 21 heavy (non-hydrogen) atoms. The third kappa shape index (κ3) is 3.35. The van der Waals surface area contributed by atoms with Crippen molar-refractivity contribution < 1.29 is 13.5 Å². The lowest BCUT2D eigenvalue weighted by molar-refractivity contribution is 0.271. The van der Waals surface area contributed by atoms with Crippen LogP contribution in [0.25, 0.3) is 0 Å². The zero-order valence-corrected chi connectivity index (χ0v) is 13.5. The molecule has 0 fully saturated rings. The van der Waals surface area contributed by atoms with Crippen LogP contribution in [0.1, 0.15) is 12.6 Å². The highest BCUT2D eigenvalue weighted by atomic mass is 35.5. The number of sulfonamides is 1. The molecule has 0 aliphatic heterocycles. The lowest BCUT2D eigenvalue weighted by Crippen LogP contribution is -2.12. The molecule has 5 nitrogen and oxygen atoms in total. The molecule has 0 unspecified atom stereocenters. The molecule has 0 saturated carbocycles. The average molecular weight is 349 g/mol. The standard InChI is InChI=1S/C13H14Cl2N2O3S/c1-2-17-7-10(6-9(17)8-18)21(19,20)16-12-5-3-4-11(14)13(12)15/h3-7,16,18H,2,8H2,1H3. The van der Waals surface area contributed by atoms with Crippen LogP contribution in [0.5, 0.6) is 0 Å². The second-order valence-corrected chi connectivity index (χ2v) is 6.79. The molecule has 114 valence electrons. The van der Waals surface area contributed by atoms with E-state index in [1.165, 1.54) is 18.3 Å². The first-order valence-electron chi connectivity index (χ1n) is 6.15. The molecule has 8 heteroatoms. The molecule has 1 heterocycles. The van der Waals surface area contributed by atoms with Gasteiger partial charge in [-0.2, -0.15) is 0 Å². The molecule has 0 atom stereocenters. The first-order chi connectivity index (χ1) is 9.89. The summed E-state index contributed by atoms with van der Waals surface area (Å²) in [6, 6.07) is 6.11. The Labute approximate surface area is 133 Å². The van der Waals surface area contributed by atoms with Crippen molar-refractivity contribution >= 4 is 38.9 Å². The summed E-state index contributed by atoms with van der Waals surface area (Å²) in [5.41, 5.74) is 0.731. The summed E-state index contributed by atoms with van der Waals surface area (Å²) in [5.74, 6) is 0. The van der Waals surface area contributed by atoms with Gasteiger partial charge in [-0.1, -0.05) is 29.3 Å². The topological polar surface area (TPSA) is 71.3 Å². The number of benzene rings is 1. The minimum Gasteiger partial charge on any atom is -0.390 e. The zero-order chi connectivity index (χ0) is 15.6. The second-order valence-electron chi connectivity index (χ2n) is 4.32. The molecule has 1 aromatic heterocycles. The Bertz CT molecular complexity index is 735. The number of nitrogens with one attached hydrogen (secondary N) is 1. The summed E-state index contributed by atoms with van der Waals surface area (Å²) in [4.78, 5) is 0.0597. The fraction of sp³-hybridized carbons (Fsp3) is 0.231. The maximum atomic E-state index is 12.4. The predicted molar refractivity (Wildman–Crippen MR) is 83.3 cm³/mol. The molecular weight excluding hydrogens is 335 g/mol. The second kappa shape index (κ2) is 6.27. The molecular formula is C13H14Cl2N2O3S. The van der Waals surface area contributed by atoms with Crippen molar-refractivity contribution in [2.24, 2.45) is 0 Å². The number of anilines is 1. The smallest absolute Gasteiger partial charge is 0.263 e. The lowest BCUT2D eigenvalue weighted by Gasteiger charge is -2.09. The number of aryl methyl sites for hydroxylation is 1. The summed E-state index contributed by atoms with van der Waals surface area (Å²) in [6.07, 6.45) is 1.46. The molecule has 2 aromatic rings. The number of aliphatic hydroxyl groups is 1. The van der Waals surface area contributed by atoms with Gasteiger partial charge in [0.15, 0.2) is 0 Å². The Morgan fingerprint density at radius 1 is 1.33 bits per heavy atom. The van der Waals surface area contributed by atoms with Gasteiger partial charge in [-0.25, -0.2) is 8.42 Å². The number of nitrogens with zero attached hydrogens (tertiary/aromatic N) is 1. The molecule has 2 N–H and O–H groups in total.